The number of carbonyl (C=O) groups is 1. The molecule has 2 aliphatic rings. The van der Waals surface area contributed by atoms with Gasteiger partial charge in [0.05, 0.1) is 22.9 Å². The predicted molar refractivity (Wildman–Crippen MR) is 115 cm³/mol. The van der Waals surface area contributed by atoms with Crippen molar-refractivity contribution in [2.75, 3.05) is 31.3 Å². The minimum atomic E-state index is -0.115. The number of aromatic nitrogens is 1. The van der Waals surface area contributed by atoms with Gasteiger partial charge in [0.1, 0.15) is 13.2 Å². The molecule has 0 N–H and O–H groups in total. The standard InChI is InChI=1S/C21H19BrN2O4S/c22-14-4-5-16-19(11-14)29-21(23-16)24(12-15-2-1-7-26-15)20(25)13-3-6-17-18(10-13)28-9-8-27-17/h3-6,10-11,15H,1-2,7-9,12H2. The van der Waals surface area contributed by atoms with Crippen molar-refractivity contribution in [3.05, 3.63) is 46.4 Å². The van der Waals surface area contributed by atoms with Gasteiger partial charge in [0.2, 0.25) is 0 Å². The smallest absolute Gasteiger partial charge is 0.260 e. The van der Waals surface area contributed by atoms with Crippen LogP contribution < -0.4 is 14.4 Å². The second kappa shape index (κ2) is 7.93. The van der Waals surface area contributed by atoms with Gasteiger partial charge in [-0.25, -0.2) is 4.98 Å². The first-order chi connectivity index (χ1) is 14.2. The van der Waals surface area contributed by atoms with Gasteiger partial charge in [-0.1, -0.05) is 27.3 Å². The molecule has 3 aromatic rings. The lowest BCUT2D eigenvalue weighted by molar-refractivity contribution is 0.0916. The molecule has 1 saturated heterocycles. The Morgan fingerprint density at radius 3 is 2.83 bits per heavy atom. The fourth-order valence-electron chi connectivity index (χ4n) is 3.57. The van der Waals surface area contributed by atoms with Crippen molar-refractivity contribution < 1.29 is 19.0 Å². The highest BCUT2D eigenvalue weighted by Gasteiger charge is 2.28. The van der Waals surface area contributed by atoms with Crippen LogP contribution in [0.25, 0.3) is 10.2 Å². The van der Waals surface area contributed by atoms with Crippen molar-refractivity contribution in [1.82, 2.24) is 4.98 Å². The minimum Gasteiger partial charge on any atom is -0.486 e. The Labute approximate surface area is 180 Å². The average Bonchev–Trinajstić information content (AvgIpc) is 3.40. The van der Waals surface area contributed by atoms with Gasteiger partial charge in [-0.05, 0) is 49.2 Å². The van der Waals surface area contributed by atoms with Crippen molar-refractivity contribution in [1.29, 1.82) is 0 Å². The number of amides is 1. The highest BCUT2D eigenvalue weighted by molar-refractivity contribution is 9.10. The Morgan fingerprint density at radius 2 is 2.00 bits per heavy atom. The Morgan fingerprint density at radius 1 is 1.14 bits per heavy atom. The summed E-state index contributed by atoms with van der Waals surface area (Å²) in [5, 5.41) is 0.675. The van der Waals surface area contributed by atoms with Crippen molar-refractivity contribution in [3.8, 4) is 11.5 Å². The van der Waals surface area contributed by atoms with Crippen LogP contribution in [0.15, 0.2) is 40.9 Å². The summed E-state index contributed by atoms with van der Waals surface area (Å²) in [4.78, 5) is 20.0. The first-order valence-electron chi connectivity index (χ1n) is 9.56. The van der Waals surface area contributed by atoms with Gasteiger partial charge in [-0.15, -0.1) is 0 Å². The highest BCUT2D eigenvalue weighted by atomic mass is 79.9. The molecule has 2 aliphatic heterocycles. The summed E-state index contributed by atoms with van der Waals surface area (Å²) in [6.07, 6.45) is 1.99. The predicted octanol–water partition coefficient (Wildman–Crippen LogP) is 4.66. The van der Waals surface area contributed by atoms with E-state index in [1.54, 1.807) is 23.1 Å². The summed E-state index contributed by atoms with van der Waals surface area (Å²) in [5.41, 5.74) is 1.42. The van der Waals surface area contributed by atoms with Gasteiger partial charge in [0.15, 0.2) is 16.6 Å². The fourth-order valence-corrected chi connectivity index (χ4v) is 5.10. The number of carbonyl (C=O) groups excluding carboxylic acids is 1. The van der Waals surface area contributed by atoms with E-state index in [4.69, 9.17) is 19.2 Å². The van der Waals surface area contributed by atoms with Crippen LogP contribution in [0.1, 0.15) is 23.2 Å². The number of anilines is 1. The van der Waals surface area contributed by atoms with Crippen LogP contribution in [0, 0.1) is 0 Å². The molecule has 8 heteroatoms. The number of hydrogen-bond donors (Lipinski definition) is 0. The van der Waals surface area contributed by atoms with E-state index in [0.29, 0.717) is 42.0 Å². The number of hydrogen-bond acceptors (Lipinski definition) is 6. The second-order valence-corrected chi connectivity index (χ2v) is 8.94. The summed E-state index contributed by atoms with van der Waals surface area (Å²) < 4.78 is 19.1. The van der Waals surface area contributed by atoms with Gasteiger partial charge in [0.25, 0.3) is 5.91 Å². The monoisotopic (exact) mass is 474 g/mol. The summed E-state index contributed by atoms with van der Waals surface area (Å²) in [7, 11) is 0. The molecule has 0 bridgehead atoms. The molecule has 150 valence electrons. The Balaban J connectivity index is 1.51. The van der Waals surface area contributed by atoms with E-state index in [0.717, 1.165) is 34.1 Å². The topological polar surface area (TPSA) is 60.9 Å². The van der Waals surface area contributed by atoms with Crippen molar-refractivity contribution >= 4 is 48.5 Å². The number of nitrogens with zero attached hydrogens (tertiary/aromatic N) is 2. The molecule has 5 rings (SSSR count). The third-order valence-electron chi connectivity index (χ3n) is 5.01. The van der Waals surface area contributed by atoms with E-state index in [2.05, 4.69) is 15.9 Å². The van der Waals surface area contributed by atoms with Crippen LogP contribution in [0.3, 0.4) is 0 Å². The number of thiazole rings is 1. The Bertz CT molecular complexity index is 1060. The zero-order valence-electron chi connectivity index (χ0n) is 15.6. The average molecular weight is 475 g/mol. The molecular formula is C21H19BrN2O4S. The van der Waals surface area contributed by atoms with E-state index >= 15 is 0 Å². The molecule has 0 spiro atoms. The molecule has 3 heterocycles. The number of fused-ring (bicyclic) bond motifs is 2. The molecule has 0 saturated carbocycles. The van der Waals surface area contributed by atoms with Gasteiger partial charge in [-0.2, -0.15) is 0 Å². The number of halogens is 1. The van der Waals surface area contributed by atoms with E-state index in [1.807, 2.05) is 18.2 Å². The second-order valence-electron chi connectivity index (χ2n) is 7.02. The maximum absolute atomic E-state index is 13.5. The molecule has 1 aromatic heterocycles. The molecule has 29 heavy (non-hydrogen) atoms. The van der Waals surface area contributed by atoms with Gasteiger partial charge < -0.3 is 14.2 Å². The zero-order chi connectivity index (χ0) is 19.8. The first-order valence-corrected chi connectivity index (χ1v) is 11.2. The van der Waals surface area contributed by atoms with E-state index < -0.39 is 0 Å². The van der Waals surface area contributed by atoms with Gasteiger partial charge >= 0.3 is 0 Å². The Hall–Kier alpha value is -2.16. The summed E-state index contributed by atoms with van der Waals surface area (Å²) in [5.74, 6) is 1.16. The first kappa shape index (κ1) is 18.8. The lowest BCUT2D eigenvalue weighted by Gasteiger charge is -2.24. The Kier molecular flexibility index (Phi) is 5.15. The number of benzene rings is 2. The zero-order valence-corrected chi connectivity index (χ0v) is 18.0. The van der Waals surface area contributed by atoms with Gasteiger partial charge in [-0.3, -0.25) is 9.69 Å². The quantitative estimate of drug-likeness (QED) is 0.550. The van der Waals surface area contributed by atoms with Crippen LogP contribution >= 0.6 is 27.3 Å². The summed E-state index contributed by atoms with van der Waals surface area (Å²) in [6, 6.07) is 11.3. The van der Waals surface area contributed by atoms with Crippen molar-refractivity contribution in [2.24, 2.45) is 0 Å². The SMILES string of the molecule is O=C(c1ccc2c(c1)OCCO2)N(CC1CCCO1)c1nc2ccc(Br)cc2s1. The van der Waals surface area contributed by atoms with Crippen LogP contribution in [0.5, 0.6) is 11.5 Å². The van der Waals surface area contributed by atoms with Crippen LogP contribution in [0.4, 0.5) is 5.13 Å². The summed E-state index contributed by atoms with van der Waals surface area (Å²) >= 11 is 5.01. The molecule has 1 fully saturated rings. The maximum atomic E-state index is 13.5. The largest absolute Gasteiger partial charge is 0.486 e. The van der Waals surface area contributed by atoms with Crippen LogP contribution in [0.2, 0.25) is 0 Å². The molecular weight excluding hydrogens is 456 g/mol. The van der Waals surface area contributed by atoms with E-state index in [-0.39, 0.29) is 12.0 Å². The lowest BCUT2D eigenvalue weighted by Crippen LogP contribution is -2.37. The van der Waals surface area contributed by atoms with Crippen LogP contribution in [-0.4, -0.2) is 43.4 Å². The van der Waals surface area contributed by atoms with Crippen molar-refractivity contribution in [2.45, 2.75) is 18.9 Å². The minimum absolute atomic E-state index is 0.0231. The third kappa shape index (κ3) is 3.84. The molecule has 1 unspecified atom stereocenters. The number of rotatable bonds is 4. The van der Waals surface area contributed by atoms with Gasteiger partial charge in [0, 0.05) is 16.6 Å². The maximum Gasteiger partial charge on any atom is 0.260 e. The normalized spacial score (nSPS) is 18.2. The number of ether oxygens (including phenoxy) is 3. The molecule has 2 aromatic carbocycles. The highest BCUT2D eigenvalue weighted by Crippen LogP contribution is 2.35. The van der Waals surface area contributed by atoms with Crippen molar-refractivity contribution in [3.63, 3.8) is 0 Å². The van der Waals surface area contributed by atoms with E-state index in [1.165, 1.54) is 11.3 Å². The third-order valence-corrected chi connectivity index (χ3v) is 6.55. The van der Waals surface area contributed by atoms with Crippen LogP contribution in [-0.2, 0) is 4.74 Å². The molecule has 0 radical (unpaired) electrons. The van der Waals surface area contributed by atoms with E-state index in [9.17, 15) is 4.79 Å². The summed E-state index contributed by atoms with van der Waals surface area (Å²) in [6.45, 7) is 2.22. The lowest BCUT2D eigenvalue weighted by atomic mass is 10.1. The molecule has 6 nitrogen and oxygen atoms in total. The fraction of sp³-hybridized carbons (Fsp3) is 0.333. The molecule has 1 atom stereocenters. The molecule has 0 aliphatic carbocycles. The molecule has 1 amide bonds.